The predicted octanol–water partition coefficient (Wildman–Crippen LogP) is 2.61. The van der Waals surface area contributed by atoms with Gasteiger partial charge >= 0.3 is 5.97 Å². The molecule has 2 N–H and O–H groups in total. The summed E-state index contributed by atoms with van der Waals surface area (Å²) in [6.07, 6.45) is 0.950. The highest BCUT2D eigenvalue weighted by Gasteiger charge is 2.36. The van der Waals surface area contributed by atoms with E-state index >= 15 is 0 Å². The highest BCUT2D eigenvalue weighted by molar-refractivity contribution is 5.87. The Kier molecular flexibility index (Phi) is 5.31. The highest BCUT2D eigenvalue weighted by atomic mass is 16.4. The summed E-state index contributed by atoms with van der Waals surface area (Å²) in [6, 6.07) is 5.85. The third-order valence-electron chi connectivity index (χ3n) is 3.93. The molecule has 0 saturated carbocycles. The summed E-state index contributed by atoms with van der Waals surface area (Å²) in [5.41, 5.74) is 2.05. The lowest BCUT2D eigenvalue weighted by Gasteiger charge is -2.28. The number of hydrogen-bond donors (Lipinski definition) is 2. The maximum atomic E-state index is 12.1. The normalized spacial score (nSPS) is 11.2. The van der Waals surface area contributed by atoms with E-state index in [1.165, 1.54) is 5.56 Å². The van der Waals surface area contributed by atoms with E-state index in [1.54, 1.807) is 13.8 Å². The fourth-order valence-corrected chi connectivity index (χ4v) is 2.19. The van der Waals surface area contributed by atoms with Crippen LogP contribution in [0.4, 0.5) is 0 Å². The first-order valence-corrected chi connectivity index (χ1v) is 6.95. The zero-order chi connectivity index (χ0) is 15.3. The number of aliphatic carboxylic acids is 1. The van der Waals surface area contributed by atoms with Gasteiger partial charge in [-0.2, -0.15) is 0 Å². The molecule has 0 aliphatic heterocycles. The summed E-state index contributed by atoms with van der Waals surface area (Å²) in [5.74, 6) is -1.23. The second-order valence-electron chi connectivity index (χ2n) is 5.24. The second kappa shape index (κ2) is 6.55. The first-order chi connectivity index (χ1) is 9.34. The van der Waals surface area contributed by atoms with Crippen molar-refractivity contribution in [1.82, 2.24) is 5.32 Å². The maximum Gasteiger partial charge on any atom is 0.329 e. The van der Waals surface area contributed by atoms with Crippen LogP contribution in [0, 0.1) is 13.8 Å². The van der Waals surface area contributed by atoms with Crippen molar-refractivity contribution in [2.75, 3.05) is 0 Å². The third kappa shape index (κ3) is 3.59. The molecular weight excluding hydrogens is 254 g/mol. The summed E-state index contributed by atoms with van der Waals surface area (Å²) in [4.78, 5) is 23.4. The van der Waals surface area contributed by atoms with Gasteiger partial charge in [-0.3, -0.25) is 4.79 Å². The molecule has 4 heteroatoms. The summed E-state index contributed by atoms with van der Waals surface area (Å²) in [7, 11) is 0. The van der Waals surface area contributed by atoms with Crippen LogP contribution in [-0.2, 0) is 16.0 Å². The van der Waals surface area contributed by atoms with Gasteiger partial charge in [0.1, 0.15) is 5.54 Å². The lowest BCUT2D eigenvalue weighted by molar-refractivity contribution is -0.148. The van der Waals surface area contributed by atoms with Gasteiger partial charge < -0.3 is 10.4 Å². The minimum absolute atomic E-state index is 0.205. The molecule has 0 fully saturated rings. The van der Waals surface area contributed by atoms with Crippen LogP contribution in [0.5, 0.6) is 0 Å². The van der Waals surface area contributed by atoms with E-state index in [-0.39, 0.29) is 12.3 Å². The molecule has 110 valence electrons. The van der Waals surface area contributed by atoms with E-state index in [0.717, 1.165) is 11.1 Å². The molecule has 1 amide bonds. The van der Waals surface area contributed by atoms with Crippen LogP contribution in [0.15, 0.2) is 18.2 Å². The van der Waals surface area contributed by atoms with Crippen molar-refractivity contribution in [1.29, 1.82) is 0 Å². The van der Waals surface area contributed by atoms with Crippen molar-refractivity contribution in [3.8, 4) is 0 Å². The largest absolute Gasteiger partial charge is 0.480 e. The number of benzene rings is 1. The number of carbonyl (C=O) groups is 2. The van der Waals surface area contributed by atoms with E-state index in [4.69, 9.17) is 0 Å². The minimum Gasteiger partial charge on any atom is -0.480 e. The predicted molar refractivity (Wildman–Crippen MR) is 78.7 cm³/mol. The molecule has 0 heterocycles. The van der Waals surface area contributed by atoms with Crippen molar-refractivity contribution in [2.45, 2.75) is 52.5 Å². The van der Waals surface area contributed by atoms with Gasteiger partial charge in [-0.1, -0.05) is 32.0 Å². The van der Waals surface area contributed by atoms with Crippen molar-refractivity contribution >= 4 is 11.9 Å². The molecule has 0 spiro atoms. The number of aryl methyl sites for hydroxylation is 2. The number of carboxylic acids is 1. The van der Waals surface area contributed by atoms with Crippen LogP contribution >= 0.6 is 0 Å². The van der Waals surface area contributed by atoms with Gasteiger partial charge in [-0.05, 0) is 43.4 Å². The molecule has 0 saturated heterocycles. The lowest BCUT2D eigenvalue weighted by Crippen LogP contribution is -2.54. The van der Waals surface area contributed by atoms with E-state index in [9.17, 15) is 14.7 Å². The molecule has 0 bridgehead atoms. The first kappa shape index (κ1) is 16.2. The number of nitrogens with one attached hydrogen (secondary N) is 1. The summed E-state index contributed by atoms with van der Waals surface area (Å²) in [6.45, 7) is 7.56. The Bertz CT molecular complexity index is 504. The van der Waals surface area contributed by atoms with E-state index in [2.05, 4.69) is 5.32 Å². The number of carboxylic acid groups (broad SMARTS) is 1. The van der Waals surface area contributed by atoms with Gasteiger partial charge in [0.25, 0.3) is 0 Å². The van der Waals surface area contributed by atoms with Gasteiger partial charge in [0.2, 0.25) is 5.91 Å². The lowest BCUT2D eigenvalue weighted by atomic mass is 9.92. The highest BCUT2D eigenvalue weighted by Crippen LogP contribution is 2.16. The summed E-state index contributed by atoms with van der Waals surface area (Å²) < 4.78 is 0. The average Bonchev–Trinajstić information content (AvgIpc) is 2.40. The van der Waals surface area contributed by atoms with Gasteiger partial charge in [-0.25, -0.2) is 4.79 Å². The molecule has 0 radical (unpaired) electrons. The van der Waals surface area contributed by atoms with Crippen LogP contribution in [0.2, 0.25) is 0 Å². The fourth-order valence-electron chi connectivity index (χ4n) is 2.19. The quantitative estimate of drug-likeness (QED) is 0.840. The third-order valence-corrected chi connectivity index (χ3v) is 3.93. The molecule has 0 aliphatic rings. The molecule has 1 aromatic carbocycles. The van der Waals surface area contributed by atoms with Crippen molar-refractivity contribution in [3.05, 3.63) is 34.9 Å². The molecule has 20 heavy (non-hydrogen) atoms. The molecule has 0 aromatic heterocycles. The Morgan fingerprint density at radius 3 is 2.20 bits per heavy atom. The van der Waals surface area contributed by atoms with Crippen molar-refractivity contribution in [2.24, 2.45) is 0 Å². The van der Waals surface area contributed by atoms with Crippen molar-refractivity contribution < 1.29 is 14.7 Å². The Morgan fingerprint density at radius 2 is 1.75 bits per heavy atom. The molecule has 0 aliphatic carbocycles. The smallest absolute Gasteiger partial charge is 0.329 e. The number of rotatable bonds is 6. The van der Waals surface area contributed by atoms with E-state index < -0.39 is 11.5 Å². The zero-order valence-corrected chi connectivity index (χ0v) is 12.6. The molecule has 0 unspecified atom stereocenters. The van der Waals surface area contributed by atoms with E-state index in [1.807, 2.05) is 32.0 Å². The van der Waals surface area contributed by atoms with Gasteiger partial charge in [0.15, 0.2) is 0 Å². The number of carbonyl (C=O) groups excluding carboxylic acids is 1. The Hall–Kier alpha value is -1.84. The van der Waals surface area contributed by atoms with Gasteiger partial charge in [-0.15, -0.1) is 0 Å². The zero-order valence-electron chi connectivity index (χ0n) is 12.6. The van der Waals surface area contributed by atoms with Crippen molar-refractivity contribution in [3.63, 3.8) is 0 Å². The van der Waals surface area contributed by atoms with Crippen LogP contribution in [-0.4, -0.2) is 22.5 Å². The monoisotopic (exact) mass is 277 g/mol. The standard InChI is InChI=1S/C16H23NO3/c1-5-16(6-2,15(19)20)17-14(18)10-13-8-7-11(3)12(4)9-13/h7-9H,5-6,10H2,1-4H3,(H,17,18)(H,19,20). The SMILES string of the molecule is CCC(CC)(NC(=O)Cc1ccc(C)c(C)c1)C(=O)O. The Balaban J connectivity index is 2.80. The Morgan fingerprint density at radius 1 is 1.15 bits per heavy atom. The first-order valence-electron chi connectivity index (χ1n) is 6.95. The summed E-state index contributed by atoms with van der Waals surface area (Å²) >= 11 is 0. The summed E-state index contributed by atoms with van der Waals surface area (Å²) in [5, 5.41) is 12.0. The maximum absolute atomic E-state index is 12.1. The topological polar surface area (TPSA) is 66.4 Å². The van der Waals surface area contributed by atoms with Crippen LogP contribution in [0.25, 0.3) is 0 Å². The van der Waals surface area contributed by atoms with Gasteiger partial charge in [0.05, 0.1) is 6.42 Å². The van der Waals surface area contributed by atoms with Crippen LogP contribution < -0.4 is 5.32 Å². The van der Waals surface area contributed by atoms with Crippen LogP contribution in [0.3, 0.4) is 0 Å². The molecule has 1 rings (SSSR count). The van der Waals surface area contributed by atoms with E-state index in [0.29, 0.717) is 12.8 Å². The number of hydrogen-bond acceptors (Lipinski definition) is 2. The fraction of sp³-hybridized carbons (Fsp3) is 0.500. The minimum atomic E-state index is -1.16. The average molecular weight is 277 g/mol. The molecule has 1 aromatic rings. The Labute approximate surface area is 120 Å². The van der Waals surface area contributed by atoms with Crippen LogP contribution in [0.1, 0.15) is 43.4 Å². The molecule has 4 nitrogen and oxygen atoms in total. The molecular formula is C16H23NO3. The number of amides is 1. The molecule has 0 atom stereocenters. The van der Waals surface area contributed by atoms with Gasteiger partial charge in [0, 0.05) is 0 Å². The second-order valence-corrected chi connectivity index (χ2v) is 5.24.